The maximum atomic E-state index is 3.77. The average Bonchev–Trinajstić information content (AvgIpc) is 2.38. The van der Waals surface area contributed by atoms with Crippen molar-refractivity contribution in [2.75, 3.05) is 5.33 Å². The van der Waals surface area contributed by atoms with Gasteiger partial charge in [-0.1, -0.05) is 78.5 Å². The molecule has 0 saturated heterocycles. The van der Waals surface area contributed by atoms with Gasteiger partial charge in [0.05, 0.1) is 0 Å². The van der Waals surface area contributed by atoms with Crippen LogP contribution >= 0.6 is 15.9 Å². The maximum Gasteiger partial charge on any atom is 0.00313 e. The summed E-state index contributed by atoms with van der Waals surface area (Å²) >= 11 is 3.47. The highest BCUT2D eigenvalue weighted by atomic mass is 79.9. The van der Waals surface area contributed by atoms with Crippen LogP contribution in [-0.2, 0) is 6.42 Å². The number of alkyl halides is 1. The number of rotatable bonds is 9. The first-order chi connectivity index (χ1) is 8.36. The van der Waals surface area contributed by atoms with Crippen LogP contribution in [0.15, 0.2) is 30.8 Å². The van der Waals surface area contributed by atoms with Crippen molar-refractivity contribution < 1.29 is 0 Å². The third-order valence-corrected chi connectivity index (χ3v) is 3.63. The summed E-state index contributed by atoms with van der Waals surface area (Å²) in [5, 5.41) is 1.16. The highest BCUT2D eigenvalue weighted by Gasteiger charge is 1.94. The number of hydrogen-bond acceptors (Lipinski definition) is 0. The van der Waals surface area contributed by atoms with Gasteiger partial charge >= 0.3 is 0 Å². The SMILES string of the molecule is C=Cc1ccc(CCCCCCCCBr)cc1. The maximum absolute atomic E-state index is 3.77. The number of halogens is 1. The first kappa shape index (κ1) is 14.5. The van der Waals surface area contributed by atoms with E-state index in [-0.39, 0.29) is 0 Å². The fourth-order valence-corrected chi connectivity index (χ4v) is 2.35. The second-order valence-electron chi connectivity index (χ2n) is 4.51. The summed E-state index contributed by atoms with van der Waals surface area (Å²) in [5.41, 5.74) is 2.67. The molecule has 0 bridgehead atoms. The van der Waals surface area contributed by atoms with E-state index in [1.165, 1.54) is 56.1 Å². The third-order valence-electron chi connectivity index (χ3n) is 3.06. The van der Waals surface area contributed by atoms with Gasteiger partial charge < -0.3 is 0 Å². The van der Waals surface area contributed by atoms with E-state index >= 15 is 0 Å². The first-order valence-corrected chi connectivity index (χ1v) is 7.76. The van der Waals surface area contributed by atoms with Crippen molar-refractivity contribution in [3.05, 3.63) is 42.0 Å². The Hall–Kier alpha value is -0.560. The summed E-state index contributed by atoms with van der Waals surface area (Å²) in [6.07, 6.45) is 11.3. The molecule has 1 aromatic carbocycles. The predicted molar refractivity (Wildman–Crippen MR) is 81.7 cm³/mol. The van der Waals surface area contributed by atoms with Crippen LogP contribution in [0.5, 0.6) is 0 Å². The van der Waals surface area contributed by atoms with Crippen molar-refractivity contribution in [1.82, 2.24) is 0 Å². The van der Waals surface area contributed by atoms with Crippen LogP contribution in [0.3, 0.4) is 0 Å². The van der Waals surface area contributed by atoms with E-state index in [2.05, 4.69) is 46.8 Å². The second kappa shape index (κ2) is 9.47. The van der Waals surface area contributed by atoms with Crippen molar-refractivity contribution in [2.24, 2.45) is 0 Å². The molecule has 0 radical (unpaired) electrons. The Morgan fingerprint density at radius 3 is 2.06 bits per heavy atom. The summed E-state index contributed by atoms with van der Waals surface area (Å²) in [5.74, 6) is 0. The molecule has 0 saturated carbocycles. The van der Waals surface area contributed by atoms with Gasteiger partial charge in [0, 0.05) is 5.33 Å². The lowest BCUT2D eigenvalue weighted by Crippen LogP contribution is -1.86. The zero-order valence-electron chi connectivity index (χ0n) is 10.6. The lowest BCUT2D eigenvalue weighted by molar-refractivity contribution is 0.610. The van der Waals surface area contributed by atoms with E-state index < -0.39 is 0 Å². The topological polar surface area (TPSA) is 0 Å². The smallest absolute Gasteiger partial charge is 0.00313 e. The monoisotopic (exact) mass is 294 g/mol. The van der Waals surface area contributed by atoms with Gasteiger partial charge in [-0.15, -0.1) is 0 Å². The van der Waals surface area contributed by atoms with Gasteiger partial charge in [-0.3, -0.25) is 0 Å². The van der Waals surface area contributed by atoms with Crippen LogP contribution in [0.4, 0.5) is 0 Å². The lowest BCUT2D eigenvalue weighted by Gasteiger charge is -2.02. The second-order valence-corrected chi connectivity index (χ2v) is 5.30. The summed E-state index contributed by atoms with van der Waals surface area (Å²) in [6, 6.07) is 8.75. The van der Waals surface area contributed by atoms with Crippen molar-refractivity contribution in [3.8, 4) is 0 Å². The molecule has 0 spiro atoms. The number of hydrogen-bond donors (Lipinski definition) is 0. The van der Waals surface area contributed by atoms with Crippen LogP contribution in [0.1, 0.15) is 49.7 Å². The fraction of sp³-hybridized carbons (Fsp3) is 0.500. The molecular formula is C16H23Br. The molecule has 0 fully saturated rings. The molecule has 17 heavy (non-hydrogen) atoms. The lowest BCUT2D eigenvalue weighted by atomic mass is 10.0. The summed E-state index contributed by atoms with van der Waals surface area (Å²) in [4.78, 5) is 0. The van der Waals surface area contributed by atoms with Gasteiger partial charge in [-0.2, -0.15) is 0 Å². The van der Waals surface area contributed by atoms with Gasteiger partial charge in [-0.05, 0) is 30.4 Å². The minimum atomic E-state index is 1.16. The largest absolute Gasteiger partial charge is 0.0985 e. The number of unbranched alkanes of at least 4 members (excludes halogenated alkanes) is 5. The van der Waals surface area contributed by atoms with Crippen molar-refractivity contribution in [3.63, 3.8) is 0 Å². The van der Waals surface area contributed by atoms with Crippen LogP contribution in [-0.4, -0.2) is 5.33 Å². The van der Waals surface area contributed by atoms with Gasteiger partial charge in [0.25, 0.3) is 0 Å². The number of aryl methyl sites for hydroxylation is 1. The van der Waals surface area contributed by atoms with Crippen LogP contribution < -0.4 is 0 Å². The minimum absolute atomic E-state index is 1.16. The molecule has 0 amide bonds. The Labute approximate surface area is 114 Å². The van der Waals surface area contributed by atoms with E-state index in [0.29, 0.717) is 0 Å². The molecule has 0 aliphatic rings. The molecule has 94 valence electrons. The van der Waals surface area contributed by atoms with Crippen LogP contribution in [0, 0.1) is 0 Å². The van der Waals surface area contributed by atoms with Crippen LogP contribution in [0.2, 0.25) is 0 Å². The Bertz CT molecular complexity index is 300. The number of benzene rings is 1. The molecule has 0 atom stereocenters. The molecule has 0 aliphatic heterocycles. The Morgan fingerprint density at radius 1 is 0.882 bits per heavy atom. The van der Waals surface area contributed by atoms with Crippen molar-refractivity contribution in [1.29, 1.82) is 0 Å². The molecular weight excluding hydrogens is 272 g/mol. The molecule has 0 unspecified atom stereocenters. The molecule has 1 rings (SSSR count). The quantitative estimate of drug-likeness (QED) is 0.410. The minimum Gasteiger partial charge on any atom is -0.0985 e. The van der Waals surface area contributed by atoms with Gasteiger partial charge in [0.2, 0.25) is 0 Å². The Balaban J connectivity index is 2.07. The average molecular weight is 295 g/mol. The molecule has 1 aromatic rings. The molecule has 0 heterocycles. The molecule has 0 aliphatic carbocycles. The van der Waals surface area contributed by atoms with Crippen LogP contribution in [0.25, 0.3) is 6.08 Å². The third kappa shape index (κ3) is 6.68. The normalized spacial score (nSPS) is 10.4. The molecule has 1 heteroatoms. The standard InChI is InChI=1S/C16H23Br/c1-2-15-10-12-16(13-11-15)9-7-5-3-4-6-8-14-17/h2,10-13H,1,3-9,14H2. The highest BCUT2D eigenvalue weighted by molar-refractivity contribution is 9.09. The van der Waals surface area contributed by atoms with Crippen molar-refractivity contribution >= 4 is 22.0 Å². The Kier molecular flexibility index (Phi) is 8.08. The highest BCUT2D eigenvalue weighted by Crippen LogP contribution is 2.11. The summed E-state index contributed by atoms with van der Waals surface area (Å²) < 4.78 is 0. The van der Waals surface area contributed by atoms with E-state index in [9.17, 15) is 0 Å². The van der Waals surface area contributed by atoms with Gasteiger partial charge in [0.15, 0.2) is 0 Å². The zero-order chi connectivity index (χ0) is 12.3. The molecule has 0 aromatic heterocycles. The van der Waals surface area contributed by atoms with E-state index in [0.717, 1.165) is 5.33 Å². The first-order valence-electron chi connectivity index (χ1n) is 6.64. The summed E-state index contributed by atoms with van der Waals surface area (Å²) in [6.45, 7) is 3.77. The molecule has 0 nitrogen and oxygen atoms in total. The van der Waals surface area contributed by atoms with Gasteiger partial charge in [-0.25, -0.2) is 0 Å². The van der Waals surface area contributed by atoms with Crippen molar-refractivity contribution in [2.45, 2.75) is 44.9 Å². The Morgan fingerprint density at radius 2 is 1.47 bits per heavy atom. The van der Waals surface area contributed by atoms with E-state index in [1.807, 2.05) is 6.08 Å². The fourth-order valence-electron chi connectivity index (χ4n) is 1.95. The predicted octanol–water partition coefficient (Wildman–Crippen LogP) is 5.61. The van der Waals surface area contributed by atoms with E-state index in [1.54, 1.807) is 0 Å². The van der Waals surface area contributed by atoms with Gasteiger partial charge in [0.1, 0.15) is 0 Å². The summed E-state index contributed by atoms with van der Waals surface area (Å²) in [7, 11) is 0. The molecule has 0 N–H and O–H groups in total. The zero-order valence-corrected chi connectivity index (χ0v) is 12.2. The van der Waals surface area contributed by atoms with E-state index in [4.69, 9.17) is 0 Å².